The fraction of sp³-hybridized carbons (Fsp3) is 0.400. The fourth-order valence-electron chi connectivity index (χ4n) is 1.51. The Hall–Kier alpha value is -1.02. The van der Waals surface area contributed by atoms with Gasteiger partial charge >= 0.3 is 0 Å². The molecular weight excluding hydrogens is 150 g/mol. The second-order valence-electron chi connectivity index (χ2n) is 3.32. The van der Waals surface area contributed by atoms with E-state index in [4.69, 9.17) is 10.5 Å². The maximum Gasteiger partial charge on any atom is 0.0929 e. The summed E-state index contributed by atoms with van der Waals surface area (Å²) in [6.07, 6.45) is 2.26. The maximum atomic E-state index is 5.59. The first-order valence-electron chi connectivity index (χ1n) is 4.18. The van der Waals surface area contributed by atoms with Gasteiger partial charge in [-0.1, -0.05) is 12.1 Å². The van der Waals surface area contributed by atoms with Crippen LogP contribution in [0.15, 0.2) is 24.3 Å². The molecule has 1 saturated carbocycles. The van der Waals surface area contributed by atoms with Gasteiger partial charge in [0.15, 0.2) is 0 Å². The largest absolute Gasteiger partial charge is 0.399 e. The molecule has 0 aliphatic heterocycles. The molecule has 0 heterocycles. The SMILES string of the molecule is COC1(c2ccc(N)cc2)CC1. The molecule has 0 atom stereocenters. The molecule has 1 aromatic rings. The van der Waals surface area contributed by atoms with Crippen LogP contribution in [0.3, 0.4) is 0 Å². The van der Waals surface area contributed by atoms with E-state index in [0.717, 1.165) is 18.5 Å². The molecular formula is C10H13NO. The Labute approximate surface area is 72.3 Å². The molecule has 2 heteroatoms. The van der Waals surface area contributed by atoms with E-state index in [9.17, 15) is 0 Å². The predicted molar refractivity (Wildman–Crippen MR) is 48.8 cm³/mol. The summed E-state index contributed by atoms with van der Waals surface area (Å²) in [6.45, 7) is 0. The molecule has 1 aliphatic carbocycles. The number of ether oxygens (including phenoxy) is 1. The monoisotopic (exact) mass is 163 g/mol. The second kappa shape index (κ2) is 2.49. The van der Waals surface area contributed by atoms with Crippen LogP contribution in [0.4, 0.5) is 5.69 Å². The Morgan fingerprint density at radius 2 is 1.83 bits per heavy atom. The van der Waals surface area contributed by atoms with Crippen molar-refractivity contribution in [3.8, 4) is 0 Å². The van der Waals surface area contributed by atoms with Crippen LogP contribution in [-0.2, 0) is 10.3 Å². The van der Waals surface area contributed by atoms with Crippen molar-refractivity contribution < 1.29 is 4.74 Å². The van der Waals surface area contributed by atoms with Gasteiger partial charge in [0, 0.05) is 12.8 Å². The van der Waals surface area contributed by atoms with E-state index in [-0.39, 0.29) is 5.60 Å². The third kappa shape index (κ3) is 1.08. The Morgan fingerprint density at radius 3 is 2.25 bits per heavy atom. The molecule has 1 aromatic carbocycles. The molecule has 64 valence electrons. The van der Waals surface area contributed by atoms with E-state index in [1.165, 1.54) is 5.56 Å². The highest BCUT2D eigenvalue weighted by atomic mass is 16.5. The summed E-state index contributed by atoms with van der Waals surface area (Å²) in [4.78, 5) is 0. The average Bonchev–Trinajstić information content (AvgIpc) is 2.86. The zero-order valence-electron chi connectivity index (χ0n) is 7.21. The van der Waals surface area contributed by atoms with Crippen molar-refractivity contribution in [1.82, 2.24) is 0 Å². The van der Waals surface area contributed by atoms with Crippen molar-refractivity contribution in [2.24, 2.45) is 0 Å². The van der Waals surface area contributed by atoms with Crippen molar-refractivity contribution >= 4 is 5.69 Å². The summed E-state index contributed by atoms with van der Waals surface area (Å²) < 4.78 is 5.43. The van der Waals surface area contributed by atoms with Crippen molar-refractivity contribution in [1.29, 1.82) is 0 Å². The van der Waals surface area contributed by atoms with Gasteiger partial charge in [0.2, 0.25) is 0 Å². The van der Waals surface area contributed by atoms with Gasteiger partial charge in [-0.2, -0.15) is 0 Å². The Bertz CT molecular complexity index is 274. The molecule has 1 aliphatic rings. The van der Waals surface area contributed by atoms with Crippen LogP contribution in [0.25, 0.3) is 0 Å². The summed E-state index contributed by atoms with van der Waals surface area (Å²) in [7, 11) is 1.77. The van der Waals surface area contributed by atoms with E-state index in [1.54, 1.807) is 7.11 Å². The molecule has 0 aromatic heterocycles. The van der Waals surface area contributed by atoms with E-state index < -0.39 is 0 Å². The van der Waals surface area contributed by atoms with Gasteiger partial charge in [-0.3, -0.25) is 0 Å². The zero-order valence-corrected chi connectivity index (χ0v) is 7.21. The number of methoxy groups -OCH3 is 1. The summed E-state index contributed by atoms with van der Waals surface area (Å²) in [5.41, 5.74) is 7.67. The standard InChI is InChI=1S/C10H13NO/c1-12-10(6-7-10)8-2-4-9(11)5-3-8/h2-5H,6-7,11H2,1H3. The highest BCUT2D eigenvalue weighted by molar-refractivity contribution is 5.42. The van der Waals surface area contributed by atoms with Gasteiger partial charge in [-0.05, 0) is 30.5 Å². The lowest BCUT2D eigenvalue weighted by Crippen LogP contribution is -2.08. The lowest BCUT2D eigenvalue weighted by Gasteiger charge is -2.13. The summed E-state index contributed by atoms with van der Waals surface area (Å²) >= 11 is 0. The molecule has 12 heavy (non-hydrogen) atoms. The minimum Gasteiger partial charge on any atom is -0.399 e. The number of nitrogens with two attached hydrogens (primary N) is 1. The number of hydrogen-bond acceptors (Lipinski definition) is 2. The van der Waals surface area contributed by atoms with Gasteiger partial charge in [0.1, 0.15) is 0 Å². The number of hydrogen-bond donors (Lipinski definition) is 1. The van der Waals surface area contributed by atoms with E-state index >= 15 is 0 Å². The van der Waals surface area contributed by atoms with Crippen molar-refractivity contribution in [3.63, 3.8) is 0 Å². The molecule has 1 fully saturated rings. The molecule has 2 rings (SSSR count). The lowest BCUT2D eigenvalue weighted by atomic mass is 10.1. The van der Waals surface area contributed by atoms with Crippen LogP contribution in [0.5, 0.6) is 0 Å². The molecule has 0 bridgehead atoms. The lowest BCUT2D eigenvalue weighted by molar-refractivity contribution is 0.0789. The molecule has 0 amide bonds. The van der Waals surface area contributed by atoms with E-state index in [1.807, 2.05) is 24.3 Å². The van der Waals surface area contributed by atoms with Gasteiger partial charge < -0.3 is 10.5 Å². The van der Waals surface area contributed by atoms with Crippen LogP contribution in [-0.4, -0.2) is 7.11 Å². The zero-order chi connectivity index (χ0) is 8.60. The molecule has 2 nitrogen and oxygen atoms in total. The summed E-state index contributed by atoms with van der Waals surface area (Å²) in [5.74, 6) is 0. The minimum atomic E-state index is 0.0215. The highest BCUT2D eigenvalue weighted by Crippen LogP contribution is 2.48. The van der Waals surface area contributed by atoms with Gasteiger partial charge in [-0.25, -0.2) is 0 Å². The minimum absolute atomic E-state index is 0.0215. The van der Waals surface area contributed by atoms with Gasteiger partial charge in [0.05, 0.1) is 5.60 Å². The number of nitrogen functional groups attached to an aromatic ring is 1. The van der Waals surface area contributed by atoms with Crippen molar-refractivity contribution in [2.75, 3.05) is 12.8 Å². The number of anilines is 1. The molecule has 0 spiro atoms. The fourth-order valence-corrected chi connectivity index (χ4v) is 1.51. The molecule has 0 unspecified atom stereocenters. The van der Waals surface area contributed by atoms with Crippen LogP contribution < -0.4 is 5.73 Å². The second-order valence-corrected chi connectivity index (χ2v) is 3.32. The van der Waals surface area contributed by atoms with Crippen LogP contribution >= 0.6 is 0 Å². The Balaban J connectivity index is 2.29. The molecule has 2 N–H and O–H groups in total. The number of rotatable bonds is 2. The Kier molecular flexibility index (Phi) is 1.58. The summed E-state index contributed by atoms with van der Waals surface area (Å²) in [5, 5.41) is 0. The third-order valence-electron chi connectivity index (χ3n) is 2.53. The number of benzene rings is 1. The first kappa shape index (κ1) is 7.62. The normalized spacial score (nSPS) is 19.1. The van der Waals surface area contributed by atoms with Crippen molar-refractivity contribution in [2.45, 2.75) is 18.4 Å². The van der Waals surface area contributed by atoms with Crippen molar-refractivity contribution in [3.05, 3.63) is 29.8 Å². The topological polar surface area (TPSA) is 35.2 Å². The van der Waals surface area contributed by atoms with Gasteiger partial charge in [-0.15, -0.1) is 0 Å². The summed E-state index contributed by atoms with van der Waals surface area (Å²) in [6, 6.07) is 7.94. The molecule has 0 saturated heterocycles. The average molecular weight is 163 g/mol. The van der Waals surface area contributed by atoms with Crippen LogP contribution in [0.1, 0.15) is 18.4 Å². The third-order valence-corrected chi connectivity index (χ3v) is 2.53. The van der Waals surface area contributed by atoms with E-state index in [0.29, 0.717) is 0 Å². The molecule has 0 radical (unpaired) electrons. The Morgan fingerprint density at radius 1 is 1.25 bits per heavy atom. The van der Waals surface area contributed by atoms with E-state index in [2.05, 4.69) is 0 Å². The van der Waals surface area contributed by atoms with Gasteiger partial charge in [0.25, 0.3) is 0 Å². The first-order valence-corrected chi connectivity index (χ1v) is 4.18. The maximum absolute atomic E-state index is 5.59. The first-order chi connectivity index (χ1) is 5.77. The predicted octanol–water partition coefficient (Wildman–Crippen LogP) is 1.90. The highest BCUT2D eigenvalue weighted by Gasteiger charge is 2.44. The smallest absolute Gasteiger partial charge is 0.0929 e. The van der Waals surface area contributed by atoms with Crippen LogP contribution in [0, 0.1) is 0 Å². The quantitative estimate of drug-likeness (QED) is 0.676. The van der Waals surface area contributed by atoms with Crippen LogP contribution in [0.2, 0.25) is 0 Å².